The fourth-order valence-corrected chi connectivity index (χ4v) is 7.25. The maximum atomic E-state index is 6.31. The fraction of sp³-hybridized carbons (Fsp3) is 0.314. The average molecular weight is 502 g/mol. The molecule has 0 spiro atoms. The summed E-state index contributed by atoms with van der Waals surface area (Å²) in [7, 11) is 1.80. The Hall–Kier alpha value is -3.72. The van der Waals surface area contributed by atoms with Gasteiger partial charge >= 0.3 is 0 Å². The first kappa shape index (κ1) is 23.4. The Labute approximate surface area is 226 Å². The van der Waals surface area contributed by atoms with Gasteiger partial charge in [0.25, 0.3) is 0 Å². The van der Waals surface area contributed by atoms with Crippen molar-refractivity contribution in [2.45, 2.75) is 44.6 Å². The van der Waals surface area contributed by atoms with E-state index in [2.05, 4.69) is 91.6 Å². The molecular formula is C35H35NO2. The second kappa shape index (κ2) is 8.94. The summed E-state index contributed by atoms with van der Waals surface area (Å²) in [5, 5.41) is 0. The largest absolute Gasteiger partial charge is 0.495 e. The van der Waals surface area contributed by atoms with Crippen molar-refractivity contribution in [1.29, 1.82) is 0 Å². The molecule has 2 aliphatic carbocycles. The number of hydrogen-bond donors (Lipinski definition) is 0. The molecule has 2 aliphatic heterocycles. The number of ether oxygens (including phenoxy) is 2. The molecular weight excluding hydrogens is 466 g/mol. The van der Waals surface area contributed by atoms with E-state index in [1.807, 2.05) is 12.3 Å². The Morgan fingerprint density at radius 3 is 2.50 bits per heavy atom. The lowest BCUT2D eigenvalue weighted by Crippen LogP contribution is -2.34. The van der Waals surface area contributed by atoms with Crippen molar-refractivity contribution in [3.63, 3.8) is 0 Å². The van der Waals surface area contributed by atoms with Crippen molar-refractivity contribution >= 4 is 11.3 Å². The second-order valence-corrected chi connectivity index (χ2v) is 11.6. The van der Waals surface area contributed by atoms with Gasteiger partial charge in [0.15, 0.2) is 0 Å². The lowest BCUT2D eigenvalue weighted by Gasteiger charge is -2.38. The molecule has 0 bridgehead atoms. The number of methoxy groups -OCH3 is 1. The van der Waals surface area contributed by atoms with Gasteiger partial charge in [-0.15, -0.1) is 0 Å². The van der Waals surface area contributed by atoms with Crippen LogP contribution in [-0.4, -0.2) is 20.2 Å². The van der Waals surface area contributed by atoms with Gasteiger partial charge < -0.3 is 14.4 Å². The number of rotatable bonds is 4. The quantitative estimate of drug-likeness (QED) is 0.364. The minimum absolute atomic E-state index is 0.0852. The number of piperidine rings is 1. The minimum atomic E-state index is -0.109. The molecule has 1 saturated heterocycles. The van der Waals surface area contributed by atoms with Gasteiger partial charge in [0.2, 0.25) is 0 Å². The first-order valence-electron chi connectivity index (χ1n) is 13.9. The topological polar surface area (TPSA) is 21.7 Å². The molecule has 3 aromatic carbocycles. The van der Waals surface area contributed by atoms with Crippen LogP contribution in [0, 0.1) is 5.92 Å². The summed E-state index contributed by atoms with van der Waals surface area (Å²) in [6.45, 7) is 6.82. The van der Waals surface area contributed by atoms with Gasteiger partial charge in [0, 0.05) is 29.6 Å². The third-order valence-electron chi connectivity index (χ3n) is 9.11. The SMILES string of the molecule is COc1cc2c(cc1N1CCC(Cc3ccccc3)CC1)C1=C(C3=CC=COC32)C(C)(C)c2ccccc21. The van der Waals surface area contributed by atoms with E-state index in [0.29, 0.717) is 0 Å². The van der Waals surface area contributed by atoms with Gasteiger partial charge in [-0.2, -0.15) is 0 Å². The van der Waals surface area contributed by atoms with E-state index in [9.17, 15) is 0 Å². The summed E-state index contributed by atoms with van der Waals surface area (Å²) >= 11 is 0. The Balaban J connectivity index is 1.29. The monoisotopic (exact) mass is 501 g/mol. The van der Waals surface area contributed by atoms with Gasteiger partial charge in [-0.05, 0) is 76.8 Å². The Bertz CT molecular complexity index is 1490. The highest BCUT2D eigenvalue weighted by atomic mass is 16.5. The molecule has 0 N–H and O–H groups in total. The smallest absolute Gasteiger partial charge is 0.149 e. The molecule has 0 radical (unpaired) electrons. The minimum Gasteiger partial charge on any atom is -0.495 e. The molecule has 2 heterocycles. The van der Waals surface area contributed by atoms with Crippen molar-refractivity contribution in [3.8, 4) is 5.75 Å². The normalized spacial score (nSPS) is 21.2. The van der Waals surface area contributed by atoms with Gasteiger partial charge in [-0.25, -0.2) is 0 Å². The van der Waals surface area contributed by atoms with Crippen LogP contribution in [0.15, 0.2) is 96.3 Å². The predicted molar refractivity (Wildman–Crippen MR) is 155 cm³/mol. The highest BCUT2D eigenvalue weighted by Crippen LogP contribution is 2.59. The number of allylic oxidation sites excluding steroid dienone is 2. The van der Waals surface area contributed by atoms with Crippen molar-refractivity contribution in [3.05, 3.63) is 124 Å². The summed E-state index contributed by atoms with van der Waals surface area (Å²) in [6, 6.07) is 24.5. The fourth-order valence-electron chi connectivity index (χ4n) is 7.25. The number of nitrogens with zero attached hydrogens (tertiary/aromatic N) is 1. The third kappa shape index (κ3) is 3.55. The third-order valence-corrected chi connectivity index (χ3v) is 9.11. The zero-order chi connectivity index (χ0) is 25.9. The zero-order valence-corrected chi connectivity index (χ0v) is 22.5. The van der Waals surface area contributed by atoms with E-state index in [1.54, 1.807) is 7.11 Å². The van der Waals surface area contributed by atoms with Crippen LogP contribution in [0.2, 0.25) is 0 Å². The summed E-state index contributed by atoms with van der Waals surface area (Å²) in [4.78, 5) is 2.54. The Morgan fingerprint density at radius 2 is 1.71 bits per heavy atom. The molecule has 7 rings (SSSR count). The molecule has 4 aliphatic rings. The lowest BCUT2D eigenvalue weighted by atomic mass is 9.72. The van der Waals surface area contributed by atoms with Crippen molar-refractivity contribution in [1.82, 2.24) is 0 Å². The maximum Gasteiger partial charge on any atom is 0.149 e. The molecule has 0 amide bonds. The highest BCUT2D eigenvalue weighted by Gasteiger charge is 2.46. The molecule has 1 unspecified atom stereocenters. The van der Waals surface area contributed by atoms with Crippen LogP contribution in [0.25, 0.3) is 5.57 Å². The van der Waals surface area contributed by atoms with Gasteiger partial charge in [0.05, 0.1) is 19.1 Å². The number of benzene rings is 3. The van der Waals surface area contributed by atoms with Crippen LogP contribution in [0.1, 0.15) is 60.6 Å². The zero-order valence-electron chi connectivity index (χ0n) is 22.5. The van der Waals surface area contributed by atoms with Crippen molar-refractivity contribution in [2.75, 3.05) is 25.1 Å². The first-order chi connectivity index (χ1) is 18.6. The number of anilines is 1. The molecule has 3 nitrogen and oxygen atoms in total. The van der Waals surface area contributed by atoms with E-state index >= 15 is 0 Å². The van der Waals surface area contributed by atoms with E-state index in [-0.39, 0.29) is 11.5 Å². The van der Waals surface area contributed by atoms with Crippen molar-refractivity contribution in [2.24, 2.45) is 5.92 Å². The average Bonchev–Trinajstić information content (AvgIpc) is 3.21. The Morgan fingerprint density at radius 1 is 0.947 bits per heavy atom. The molecule has 1 fully saturated rings. The molecule has 0 saturated carbocycles. The van der Waals surface area contributed by atoms with Crippen LogP contribution < -0.4 is 9.64 Å². The Kier molecular flexibility index (Phi) is 5.51. The van der Waals surface area contributed by atoms with E-state index in [1.165, 1.54) is 69.5 Å². The second-order valence-electron chi connectivity index (χ2n) is 11.6. The van der Waals surface area contributed by atoms with Crippen LogP contribution >= 0.6 is 0 Å². The predicted octanol–water partition coefficient (Wildman–Crippen LogP) is 7.77. The number of fused-ring (bicyclic) bond motifs is 7. The van der Waals surface area contributed by atoms with E-state index in [4.69, 9.17) is 9.47 Å². The van der Waals surface area contributed by atoms with Crippen LogP contribution in [0.4, 0.5) is 5.69 Å². The van der Waals surface area contributed by atoms with E-state index in [0.717, 1.165) is 24.8 Å². The lowest BCUT2D eigenvalue weighted by molar-refractivity contribution is 0.173. The number of hydrogen-bond acceptors (Lipinski definition) is 3. The van der Waals surface area contributed by atoms with Gasteiger partial charge in [-0.3, -0.25) is 0 Å². The van der Waals surface area contributed by atoms with Gasteiger partial charge in [0.1, 0.15) is 11.9 Å². The molecule has 0 aromatic heterocycles. The molecule has 3 heteroatoms. The molecule has 1 atom stereocenters. The maximum absolute atomic E-state index is 6.31. The summed E-state index contributed by atoms with van der Waals surface area (Å²) in [5.41, 5.74) is 11.8. The summed E-state index contributed by atoms with van der Waals surface area (Å²) in [6.07, 6.45) is 9.56. The molecule has 3 aromatic rings. The summed E-state index contributed by atoms with van der Waals surface area (Å²) < 4.78 is 12.3. The van der Waals surface area contributed by atoms with Crippen LogP contribution in [0.3, 0.4) is 0 Å². The van der Waals surface area contributed by atoms with Crippen molar-refractivity contribution < 1.29 is 9.47 Å². The van der Waals surface area contributed by atoms with Crippen LogP contribution in [0.5, 0.6) is 5.75 Å². The van der Waals surface area contributed by atoms with Gasteiger partial charge in [-0.1, -0.05) is 74.5 Å². The molecule has 192 valence electrons. The first-order valence-corrected chi connectivity index (χ1v) is 13.9. The van der Waals surface area contributed by atoms with Crippen LogP contribution in [-0.2, 0) is 16.6 Å². The standard InChI is InChI=1S/C35H35NO2/c1-35(2)29-14-8-7-12-25(29)32-27-21-30(36-17-15-24(16-18-36)20-23-10-5-4-6-11-23)31(37-3)22-28(27)34-26(33(32)35)13-9-19-38-34/h4-14,19,21-22,24,34H,15-18,20H2,1-3H3. The molecule has 38 heavy (non-hydrogen) atoms. The highest BCUT2D eigenvalue weighted by molar-refractivity contribution is 5.97. The summed E-state index contributed by atoms with van der Waals surface area (Å²) in [5.74, 6) is 1.67. The van der Waals surface area contributed by atoms with E-state index < -0.39 is 0 Å².